The maximum atomic E-state index is 11.9. The highest BCUT2D eigenvalue weighted by Crippen LogP contribution is 2.14. The van der Waals surface area contributed by atoms with Gasteiger partial charge in [0.2, 0.25) is 0 Å². The topological polar surface area (TPSA) is 46.6 Å². The van der Waals surface area contributed by atoms with E-state index in [2.05, 4.69) is 19.0 Å². The lowest BCUT2D eigenvalue weighted by atomic mass is 10.2. The third kappa shape index (κ3) is 6.50. The van der Waals surface area contributed by atoms with Crippen LogP contribution in [-0.4, -0.2) is 40.6 Å². The van der Waals surface area contributed by atoms with Crippen LogP contribution in [0.4, 0.5) is 0 Å². The minimum absolute atomic E-state index is 0.232. The van der Waals surface area contributed by atoms with Crippen molar-refractivity contribution in [1.82, 2.24) is 4.90 Å². The van der Waals surface area contributed by atoms with Crippen molar-refractivity contribution in [2.24, 2.45) is 0 Å². The Kier molecular flexibility index (Phi) is 7.19. The summed E-state index contributed by atoms with van der Waals surface area (Å²) in [6.07, 6.45) is 4.01. The van der Waals surface area contributed by atoms with Gasteiger partial charge < -0.3 is 4.90 Å². The van der Waals surface area contributed by atoms with Crippen molar-refractivity contribution in [2.45, 2.75) is 37.5 Å². The molecule has 0 radical (unpaired) electrons. The number of rotatable bonds is 9. The Hall–Kier alpha value is -0.910. The van der Waals surface area contributed by atoms with Gasteiger partial charge in [-0.05, 0) is 52.5 Å². The first-order valence-electron chi connectivity index (χ1n) is 7.02. The van der Waals surface area contributed by atoms with Crippen LogP contribution in [0.25, 0.3) is 0 Å². The molecule has 0 aliphatic heterocycles. The van der Waals surface area contributed by atoms with E-state index in [1.807, 2.05) is 6.92 Å². The fraction of sp³-hybridized carbons (Fsp3) is 0.600. The van der Waals surface area contributed by atoms with Crippen LogP contribution in [0.2, 0.25) is 0 Å². The zero-order valence-electron chi connectivity index (χ0n) is 12.6. The van der Waals surface area contributed by atoms with Gasteiger partial charge in [-0.3, -0.25) is 4.18 Å². The average Bonchev–Trinajstić information content (AvgIpc) is 2.37. The van der Waals surface area contributed by atoms with E-state index in [9.17, 15) is 8.42 Å². The lowest BCUT2D eigenvalue weighted by molar-refractivity contribution is 0.304. The number of aryl methyl sites for hydroxylation is 1. The van der Waals surface area contributed by atoms with Gasteiger partial charge in [-0.15, -0.1) is 0 Å². The van der Waals surface area contributed by atoms with Gasteiger partial charge in [0.15, 0.2) is 0 Å². The predicted octanol–water partition coefficient (Wildman–Crippen LogP) is 2.82. The molecule has 0 amide bonds. The van der Waals surface area contributed by atoms with Crippen LogP contribution < -0.4 is 0 Å². The Morgan fingerprint density at radius 1 is 1.00 bits per heavy atom. The van der Waals surface area contributed by atoms with E-state index in [-0.39, 0.29) is 11.5 Å². The molecule has 1 rings (SSSR count). The summed E-state index contributed by atoms with van der Waals surface area (Å²) < 4.78 is 28.8. The lowest BCUT2D eigenvalue weighted by Crippen LogP contribution is -2.12. The smallest absolute Gasteiger partial charge is 0.296 e. The highest BCUT2D eigenvalue weighted by Gasteiger charge is 2.14. The van der Waals surface area contributed by atoms with E-state index in [0.29, 0.717) is 0 Å². The normalized spacial score (nSPS) is 12.0. The molecule has 0 heterocycles. The van der Waals surface area contributed by atoms with Crippen LogP contribution >= 0.6 is 0 Å². The van der Waals surface area contributed by atoms with E-state index in [4.69, 9.17) is 4.18 Å². The maximum Gasteiger partial charge on any atom is 0.296 e. The van der Waals surface area contributed by atoms with Crippen molar-refractivity contribution in [3.05, 3.63) is 29.8 Å². The second-order valence-corrected chi connectivity index (χ2v) is 6.92. The van der Waals surface area contributed by atoms with Gasteiger partial charge in [-0.2, -0.15) is 8.42 Å². The molecular weight excluding hydrogens is 274 g/mol. The number of hydrogen-bond acceptors (Lipinski definition) is 4. The average molecular weight is 299 g/mol. The molecule has 0 spiro atoms. The molecule has 1 aromatic rings. The van der Waals surface area contributed by atoms with Crippen LogP contribution in [0.5, 0.6) is 0 Å². The van der Waals surface area contributed by atoms with Gasteiger partial charge in [0.05, 0.1) is 11.5 Å². The SMILES string of the molecule is Cc1ccc(S(=O)(=O)OCCCCCCN(C)C)cc1. The van der Waals surface area contributed by atoms with E-state index in [1.165, 1.54) is 0 Å². The largest absolute Gasteiger partial charge is 0.309 e. The first-order valence-corrected chi connectivity index (χ1v) is 8.43. The molecule has 114 valence electrons. The predicted molar refractivity (Wildman–Crippen MR) is 81.3 cm³/mol. The van der Waals surface area contributed by atoms with E-state index in [0.717, 1.165) is 37.8 Å². The third-order valence-electron chi connectivity index (χ3n) is 3.05. The minimum Gasteiger partial charge on any atom is -0.309 e. The molecule has 0 atom stereocenters. The molecule has 0 aliphatic carbocycles. The summed E-state index contributed by atoms with van der Waals surface area (Å²) in [4.78, 5) is 2.38. The van der Waals surface area contributed by atoms with Crippen LogP contribution in [0.3, 0.4) is 0 Å². The summed E-state index contributed by atoms with van der Waals surface area (Å²) in [6, 6.07) is 6.72. The van der Waals surface area contributed by atoms with Gasteiger partial charge in [0.25, 0.3) is 10.1 Å². The van der Waals surface area contributed by atoms with E-state index < -0.39 is 10.1 Å². The summed E-state index contributed by atoms with van der Waals surface area (Å²) in [5, 5.41) is 0. The second-order valence-electron chi connectivity index (χ2n) is 5.31. The van der Waals surface area contributed by atoms with Crippen LogP contribution in [-0.2, 0) is 14.3 Å². The van der Waals surface area contributed by atoms with Crippen molar-refractivity contribution in [3.63, 3.8) is 0 Å². The first kappa shape index (κ1) is 17.1. The Morgan fingerprint density at radius 2 is 1.60 bits per heavy atom. The Balaban J connectivity index is 2.25. The van der Waals surface area contributed by atoms with Crippen LogP contribution in [0.15, 0.2) is 29.2 Å². The van der Waals surface area contributed by atoms with Crippen molar-refractivity contribution in [1.29, 1.82) is 0 Å². The Morgan fingerprint density at radius 3 is 2.20 bits per heavy atom. The standard InChI is InChI=1S/C15H25NO3S/c1-14-8-10-15(11-9-14)20(17,18)19-13-7-5-4-6-12-16(2)3/h8-11H,4-7,12-13H2,1-3H3. The number of hydrogen-bond donors (Lipinski definition) is 0. The Labute approximate surface area is 122 Å². The molecule has 0 N–H and O–H groups in total. The summed E-state index contributed by atoms with van der Waals surface area (Å²) in [5.41, 5.74) is 1.03. The monoisotopic (exact) mass is 299 g/mol. The molecule has 0 fully saturated rings. The Bertz CT molecular complexity index is 480. The molecule has 0 aromatic heterocycles. The van der Waals surface area contributed by atoms with Crippen LogP contribution in [0.1, 0.15) is 31.2 Å². The van der Waals surface area contributed by atoms with Crippen LogP contribution in [0, 0.1) is 6.92 Å². The minimum atomic E-state index is -3.59. The molecule has 5 heteroatoms. The molecule has 1 aromatic carbocycles. The number of nitrogens with zero attached hydrogens (tertiary/aromatic N) is 1. The second kappa shape index (κ2) is 8.39. The lowest BCUT2D eigenvalue weighted by Gasteiger charge is -2.09. The highest BCUT2D eigenvalue weighted by molar-refractivity contribution is 7.86. The van der Waals surface area contributed by atoms with E-state index in [1.54, 1.807) is 24.3 Å². The quantitative estimate of drug-likeness (QED) is 0.519. The number of unbranched alkanes of at least 4 members (excludes halogenated alkanes) is 3. The zero-order chi connectivity index (χ0) is 15.0. The summed E-state index contributed by atoms with van der Waals surface area (Å²) in [6.45, 7) is 3.26. The maximum absolute atomic E-state index is 11.9. The summed E-state index contributed by atoms with van der Waals surface area (Å²) in [7, 11) is 0.514. The van der Waals surface area contributed by atoms with Crippen molar-refractivity contribution < 1.29 is 12.6 Å². The molecule has 0 bridgehead atoms. The van der Waals surface area contributed by atoms with Gasteiger partial charge in [0, 0.05) is 0 Å². The molecule has 0 unspecified atom stereocenters. The first-order chi connectivity index (χ1) is 9.42. The third-order valence-corrected chi connectivity index (χ3v) is 4.37. The fourth-order valence-electron chi connectivity index (χ4n) is 1.83. The molecule has 0 saturated heterocycles. The molecule has 0 aliphatic rings. The van der Waals surface area contributed by atoms with Crippen molar-refractivity contribution >= 4 is 10.1 Å². The van der Waals surface area contributed by atoms with Gasteiger partial charge >= 0.3 is 0 Å². The van der Waals surface area contributed by atoms with Gasteiger partial charge in [-0.25, -0.2) is 0 Å². The van der Waals surface area contributed by atoms with Crippen molar-refractivity contribution in [3.8, 4) is 0 Å². The summed E-state index contributed by atoms with van der Waals surface area (Å²) >= 11 is 0. The fourth-order valence-corrected chi connectivity index (χ4v) is 2.77. The molecular formula is C15H25NO3S. The molecule has 0 saturated carbocycles. The zero-order valence-corrected chi connectivity index (χ0v) is 13.4. The van der Waals surface area contributed by atoms with Crippen molar-refractivity contribution in [2.75, 3.05) is 27.2 Å². The molecule has 20 heavy (non-hydrogen) atoms. The van der Waals surface area contributed by atoms with E-state index >= 15 is 0 Å². The molecule has 4 nitrogen and oxygen atoms in total. The van der Waals surface area contributed by atoms with Gasteiger partial charge in [-0.1, -0.05) is 30.5 Å². The van der Waals surface area contributed by atoms with Gasteiger partial charge in [0.1, 0.15) is 0 Å². The highest BCUT2D eigenvalue weighted by atomic mass is 32.2. The number of benzene rings is 1. The summed E-state index contributed by atoms with van der Waals surface area (Å²) in [5.74, 6) is 0.